The summed E-state index contributed by atoms with van der Waals surface area (Å²) < 4.78 is 12.6. The number of ether oxygens (including phenoxy) is 2. The summed E-state index contributed by atoms with van der Waals surface area (Å²) >= 11 is 0. The fourth-order valence-corrected chi connectivity index (χ4v) is 10.3. The summed E-state index contributed by atoms with van der Waals surface area (Å²) in [7, 11) is 9.01. The van der Waals surface area contributed by atoms with Crippen LogP contribution in [-0.2, 0) is 28.2 Å². The van der Waals surface area contributed by atoms with Crippen LogP contribution in [0.3, 0.4) is 0 Å². The number of carbonyl (C=O) groups is 1. The van der Waals surface area contributed by atoms with Crippen LogP contribution in [0.15, 0.2) is 60.7 Å². The standard InChI is InChI=1S/C39H46N2O6S2/c1-40-21-23-16-27(18-30(44)17-23)39(41-2)47-36-20-29(43)11-5-26-9-15-35(45)38(46-3)37(26)32-14-8-24-4-10-28(42)19-33(24)34(32)22-48-49-31-12-6-25(36)7-13-31/h4,8-10,14-19,25,31,36,39-42,44-45H,5-7,11-13,20-22H2,1-3H3/t25?,31?,36-,39-/m0/s1. The molecule has 4 aromatic carbocycles. The molecule has 49 heavy (non-hydrogen) atoms. The van der Waals surface area contributed by atoms with Crippen LogP contribution in [0.1, 0.15) is 67.0 Å². The first-order valence-electron chi connectivity index (χ1n) is 17.0. The van der Waals surface area contributed by atoms with E-state index < -0.39 is 6.23 Å². The Balaban J connectivity index is 1.35. The summed E-state index contributed by atoms with van der Waals surface area (Å²) in [5, 5.41) is 40.8. The molecule has 0 unspecified atom stereocenters. The van der Waals surface area contributed by atoms with Crippen LogP contribution in [0, 0.1) is 5.92 Å². The Labute approximate surface area is 296 Å². The quantitative estimate of drug-likeness (QED) is 0.0957. The van der Waals surface area contributed by atoms with Crippen molar-refractivity contribution >= 4 is 38.1 Å². The van der Waals surface area contributed by atoms with Gasteiger partial charge in [-0.25, -0.2) is 0 Å². The minimum Gasteiger partial charge on any atom is -0.508 e. The van der Waals surface area contributed by atoms with E-state index in [-0.39, 0.29) is 35.1 Å². The van der Waals surface area contributed by atoms with Gasteiger partial charge in [-0.05, 0) is 121 Å². The van der Waals surface area contributed by atoms with Gasteiger partial charge in [0.2, 0.25) is 0 Å². The molecule has 10 heteroatoms. The maximum atomic E-state index is 13.9. The lowest BCUT2D eigenvalue weighted by atomic mass is 9.82. The number of phenolic OH excluding ortho intramolecular Hbond substituents is 3. The van der Waals surface area contributed by atoms with Crippen molar-refractivity contribution in [1.29, 1.82) is 0 Å². The van der Waals surface area contributed by atoms with Crippen molar-refractivity contribution in [2.24, 2.45) is 5.92 Å². The second-order valence-corrected chi connectivity index (χ2v) is 15.8. The minimum absolute atomic E-state index is 0.0414. The van der Waals surface area contributed by atoms with Gasteiger partial charge < -0.3 is 30.1 Å². The highest BCUT2D eigenvalue weighted by Gasteiger charge is 2.33. The predicted molar refractivity (Wildman–Crippen MR) is 199 cm³/mol. The minimum atomic E-state index is -0.479. The fraction of sp³-hybridized carbons (Fsp3) is 0.410. The average Bonchev–Trinajstić information content (AvgIpc) is 3.09. The maximum absolute atomic E-state index is 13.9. The van der Waals surface area contributed by atoms with Crippen molar-refractivity contribution in [2.75, 3.05) is 21.2 Å². The summed E-state index contributed by atoms with van der Waals surface area (Å²) in [6.07, 6.45) is 4.34. The summed E-state index contributed by atoms with van der Waals surface area (Å²) in [6.45, 7) is 0.618. The summed E-state index contributed by atoms with van der Waals surface area (Å²) in [5.74, 6) is 1.87. The van der Waals surface area contributed by atoms with Crippen LogP contribution in [0.5, 0.6) is 23.0 Å². The molecule has 260 valence electrons. The van der Waals surface area contributed by atoms with E-state index in [0.717, 1.165) is 69.8 Å². The van der Waals surface area contributed by atoms with Crippen LogP contribution in [0.2, 0.25) is 0 Å². The third-order valence-electron chi connectivity index (χ3n) is 9.82. The zero-order valence-electron chi connectivity index (χ0n) is 28.3. The molecule has 0 saturated heterocycles. The van der Waals surface area contributed by atoms with Gasteiger partial charge >= 0.3 is 0 Å². The number of methoxy groups -OCH3 is 1. The van der Waals surface area contributed by atoms with E-state index in [0.29, 0.717) is 42.6 Å². The molecular formula is C39H46N2O6S2. The van der Waals surface area contributed by atoms with Gasteiger partial charge in [0.1, 0.15) is 23.5 Å². The molecule has 0 radical (unpaired) electrons. The molecular weight excluding hydrogens is 657 g/mol. The van der Waals surface area contributed by atoms with Crippen LogP contribution < -0.4 is 15.4 Å². The first-order chi connectivity index (χ1) is 23.8. The lowest BCUT2D eigenvalue weighted by molar-refractivity contribution is -0.127. The number of benzene rings is 4. The van der Waals surface area contributed by atoms with Gasteiger partial charge in [-0.15, -0.1) is 0 Å². The zero-order chi connectivity index (χ0) is 34.5. The molecule has 2 heterocycles. The van der Waals surface area contributed by atoms with E-state index in [1.807, 2.05) is 66.0 Å². The molecule has 8 nitrogen and oxygen atoms in total. The number of carbonyl (C=O) groups excluding carboxylic acids is 1. The molecule has 0 aromatic heterocycles. The van der Waals surface area contributed by atoms with Crippen molar-refractivity contribution in [3.8, 4) is 34.1 Å². The Bertz CT molecular complexity index is 1790. The van der Waals surface area contributed by atoms with Gasteiger partial charge in [-0.1, -0.05) is 51.9 Å². The second-order valence-electron chi connectivity index (χ2n) is 13.1. The Kier molecular flexibility index (Phi) is 11.6. The first kappa shape index (κ1) is 35.4. The number of Topliss-reactive ketones (excluding diaryl/α,β-unsaturated/α-hetero) is 1. The first-order valence-corrected chi connectivity index (χ1v) is 19.4. The lowest BCUT2D eigenvalue weighted by Gasteiger charge is -2.35. The Morgan fingerprint density at radius 3 is 2.47 bits per heavy atom. The summed E-state index contributed by atoms with van der Waals surface area (Å²) in [4.78, 5) is 13.9. The highest BCUT2D eigenvalue weighted by Crippen LogP contribution is 2.47. The monoisotopic (exact) mass is 702 g/mol. The van der Waals surface area contributed by atoms with Crippen LogP contribution in [-0.4, -0.2) is 53.7 Å². The molecule has 7 rings (SSSR count). The number of phenols is 3. The third-order valence-corrected chi connectivity index (χ3v) is 12.7. The van der Waals surface area contributed by atoms with E-state index in [1.54, 1.807) is 31.4 Å². The highest BCUT2D eigenvalue weighted by atomic mass is 33.1. The van der Waals surface area contributed by atoms with E-state index >= 15 is 0 Å². The zero-order valence-corrected chi connectivity index (χ0v) is 30.0. The number of hydrogen-bond donors (Lipinski definition) is 5. The molecule has 0 spiro atoms. The maximum Gasteiger partial charge on any atom is 0.168 e. The smallest absolute Gasteiger partial charge is 0.168 e. The van der Waals surface area contributed by atoms with Crippen molar-refractivity contribution < 1.29 is 29.6 Å². The van der Waals surface area contributed by atoms with Crippen molar-refractivity contribution in [3.63, 3.8) is 0 Å². The normalized spacial score (nSPS) is 20.9. The van der Waals surface area contributed by atoms with Gasteiger partial charge in [0, 0.05) is 36.0 Å². The molecule has 3 aliphatic rings. The highest BCUT2D eigenvalue weighted by molar-refractivity contribution is 8.76. The average molecular weight is 703 g/mol. The number of aryl methyl sites for hydroxylation is 1. The molecule has 2 aliphatic heterocycles. The number of aromatic hydroxyl groups is 3. The van der Waals surface area contributed by atoms with E-state index in [1.165, 1.54) is 0 Å². The van der Waals surface area contributed by atoms with Crippen LogP contribution in [0.25, 0.3) is 21.9 Å². The van der Waals surface area contributed by atoms with Crippen molar-refractivity contribution in [1.82, 2.24) is 10.6 Å². The Morgan fingerprint density at radius 1 is 0.918 bits per heavy atom. The molecule has 4 aromatic rings. The van der Waals surface area contributed by atoms with Gasteiger partial charge in [0.05, 0.1) is 13.2 Å². The topological polar surface area (TPSA) is 120 Å². The SMILES string of the molecule is CNCc1cc(O)cc([C@@H](NC)O[C@H]2CC(=O)CCc3ccc(O)c(OC)c3-c3ccc4ccc(O)cc4c3CSSC3CCC2CC3)c1. The Hall–Kier alpha value is -3.41. The molecule has 0 amide bonds. The Morgan fingerprint density at radius 2 is 1.71 bits per heavy atom. The number of hydrogen-bond acceptors (Lipinski definition) is 10. The second kappa shape index (κ2) is 16.1. The molecule has 1 saturated carbocycles. The van der Waals surface area contributed by atoms with Gasteiger partial charge in [-0.3, -0.25) is 10.1 Å². The lowest BCUT2D eigenvalue weighted by Crippen LogP contribution is -2.35. The molecule has 2 atom stereocenters. The van der Waals surface area contributed by atoms with E-state index in [9.17, 15) is 20.1 Å². The number of fused-ring (bicyclic) bond motifs is 9. The number of ketones is 1. The van der Waals surface area contributed by atoms with Gasteiger partial charge in [-0.2, -0.15) is 0 Å². The largest absolute Gasteiger partial charge is 0.508 e. The third kappa shape index (κ3) is 8.15. The molecule has 1 aliphatic carbocycles. The van der Waals surface area contributed by atoms with Crippen LogP contribution in [0.4, 0.5) is 0 Å². The number of nitrogens with one attached hydrogen (secondary N) is 2. The summed E-state index contributed by atoms with van der Waals surface area (Å²) in [5.41, 5.74) is 5.47. The molecule has 1 fully saturated rings. The number of rotatable bonds is 7. The summed E-state index contributed by atoms with van der Waals surface area (Å²) in [6, 6.07) is 18.6. The molecule has 5 N–H and O–H groups in total. The van der Waals surface area contributed by atoms with Crippen LogP contribution >= 0.6 is 21.6 Å². The van der Waals surface area contributed by atoms with E-state index in [4.69, 9.17) is 9.47 Å². The fourth-order valence-electron chi connectivity index (χ4n) is 7.40. The predicted octanol–water partition coefficient (Wildman–Crippen LogP) is 8.00. The van der Waals surface area contributed by atoms with Crippen molar-refractivity contribution in [2.45, 2.75) is 74.8 Å². The van der Waals surface area contributed by atoms with Gasteiger partial charge in [0.15, 0.2) is 11.5 Å². The van der Waals surface area contributed by atoms with E-state index in [2.05, 4.69) is 16.7 Å². The van der Waals surface area contributed by atoms with Crippen molar-refractivity contribution in [3.05, 3.63) is 82.9 Å². The molecule has 2 bridgehead atoms. The van der Waals surface area contributed by atoms with Gasteiger partial charge in [0.25, 0.3) is 0 Å².